The second kappa shape index (κ2) is 5.32. The summed E-state index contributed by atoms with van der Waals surface area (Å²) in [6.45, 7) is 9.06. The highest BCUT2D eigenvalue weighted by molar-refractivity contribution is 5.89. The first kappa shape index (κ1) is 14.4. The van der Waals surface area contributed by atoms with E-state index in [9.17, 15) is 4.79 Å². The zero-order valence-corrected chi connectivity index (χ0v) is 13.3. The van der Waals surface area contributed by atoms with Crippen molar-refractivity contribution in [2.75, 3.05) is 11.5 Å². The highest BCUT2D eigenvalue weighted by Gasteiger charge is 2.37. The number of carbonyl (C=O) groups is 1. The van der Waals surface area contributed by atoms with Crippen LogP contribution in [0.25, 0.3) is 0 Å². The Labute approximate surface area is 126 Å². The number of hydrogen-bond acceptors (Lipinski definition) is 3. The number of fused-ring (bicyclic) bond motifs is 1. The van der Waals surface area contributed by atoms with E-state index in [4.69, 9.17) is 9.72 Å². The van der Waals surface area contributed by atoms with Crippen molar-refractivity contribution in [2.45, 2.75) is 58.9 Å². The Kier molecular flexibility index (Phi) is 3.64. The summed E-state index contributed by atoms with van der Waals surface area (Å²) in [6.07, 6.45) is 3.26. The summed E-state index contributed by atoms with van der Waals surface area (Å²) in [4.78, 5) is 18.7. The number of aryl methyl sites for hydroxylation is 1. The highest BCUT2D eigenvalue weighted by Crippen LogP contribution is 2.35. The van der Waals surface area contributed by atoms with E-state index in [1.165, 1.54) is 29.7 Å². The van der Waals surface area contributed by atoms with Crippen LogP contribution in [0.15, 0.2) is 6.07 Å². The topological polar surface area (TPSA) is 42.4 Å². The molecule has 0 N–H and O–H groups in total. The lowest BCUT2D eigenvalue weighted by Crippen LogP contribution is -2.38. The molecule has 1 saturated heterocycles. The second-order valence-corrected chi connectivity index (χ2v) is 6.71. The molecule has 1 aromatic heterocycles. The van der Waals surface area contributed by atoms with Gasteiger partial charge in [-0.1, -0.05) is 20.8 Å². The lowest BCUT2D eigenvalue weighted by molar-refractivity contribution is 0.177. The fourth-order valence-electron chi connectivity index (χ4n) is 3.47. The highest BCUT2D eigenvalue weighted by atomic mass is 16.6. The number of cyclic esters (lactones) is 1. The first-order valence-corrected chi connectivity index (χ1v) is 7.95. The maximum atomic E-state index is 12.1. The van der Waals surface area contributed by atoms with Gasteiger partial charge in [-0.3, -0.25) is 4.90 Å². The third kappa shape index (κ3) is 2.41. The van der Waals surface area contributed by atoms with Crippen LogP contribution in [-0.2, 0) is 11.2 Å². The van der Waals surface area contributed by atoms with Gasteiger partial charge in [-0.2, -0.15) is 0 Å². The lowest BCUT2D eigenvalue weighted by atomic mass is 9.85. The van der Waals surface area contributed by atoms with E-state index in [1.807, 2.05) is 0 Å². The zero-order valence-electron chi connectivity index (χ0n) is 13.3. The van der Waals surface area contributed by atoms with Crippen LogP contribution in [0.3, 0.4) is 0 Å². The van der Waals surface area contributed by atoms with E-state index in [0.717, 1.165) is 12.2 Å². The molecular formula is C17H24N2O2. The average molecular weight is 288 g/mol. The van der Waals surface area contributed by atoms with Gasteiger partial charge in [-0.25, -0.2) is 9.78 Å². The summed E-state index contributed by atoms with van der Waals surface area (Å²) in [6, 6.07) is 2.14. The van der Waals surface area contributed by atoms with E-state index >= 15 is 0 Å². The number of carbonyl (C=O) groups excluding carboxylic acids is 1. The predicted octanol–water partition coefficient (Wildman–Crippen LogP) is 3.81. The van der Waals surface area contributed by atoms with Crippen molar-refractivity contribution < 1.29 is 9.53 Å². The van der Waals surface area contributed by atoms with Gasteiger partial charge in [-0.05, 0) is 55.2 Å². The fourth-order valence-corrected chi connectivity index (χ4v) is 3.47. The van der Waals surface area contributed by atoms with Crippen molar-refractivity contribution in [1.82, 2.24) is 4.98 Å². The summed E-state index contributed by atoms with van der Waals surface area (Å²) in [5, 5.41) is 0. The van der Waals surface area contributed by atoms with Gasteiger partial charge in [0.2, 0.25) is 0 Å². The summed E-state index contributed by atoms with van der Waals surface area (Å²) >= 11 is 0. The van der Waals surface area contributed by atoms with Gasteiger partial charge >= 0.3 is 6.09 Å². The summed E-state index contributed by atoms with van der Waals surface area (Å²) in [7, 11) is 0. The van der Waals surface area contributed by atoms with Crippen LogP contribution >= 0.6 is 0 Å². The molecule has 4 nitrogen and oxygen atoms in total. The molecule has 1 amide bonds. The number of nitrogens with zero attached hydrogens (tertiary/aromatic N) is 2. The first-order valence-electron chi connectivity index (χ1n) is 7.95. The number of pyridine rings is 1. The maximum Gasteiger partial charge on any atom is 0.415 e. The third-order valence-electron chi connectivity index (χ3n) is 4.82. The van der Waals surface area contributed by atoms with E-state index in [2.05, 4.69) is 33.8 Å². The molecule has 4 heteroatoms. The Hall–Kier alpha value is -1.58. The molecule has 1 fully saturated rings. The molecule has 0 aromatic carbocycles. The molecule has 2 atom stereocenters. The van der Waals surface area contributed by atoms with E-state index in [-0.39, 0.29) is 12.1 Å². The first-order chi connectivity index (χ1) is 9.99. The molecule has 0 bridgehead atoms. The molecule has 3 rings (SSSR count). The van der Waals surface area contributed by atoms with Crippen molar-refractivity contribution in [3.05, 3.63) is 22.9 Å². The van der Waals surface area contributed by atoms with Gasteiger partial charge in [-0.15, -0.1) is 0 Å². The van der Waals surface area contributed by atoms with Crippen LogP contribution in [-0.4, -0.2) is 23.7 Å². The Morgan fingerprint density at radius 3 is 2.90 bits per heavy atom. The van der Waals surface area contributed by atoms with Crippen molar-refractivity contribution in [3.8, 4) is 0 Å². The van der Waals surface area contributed by atoms with Crippen LogP contribution in [0.5, 0.6) is 0 Å². The summed E-state index contributed by atoms with van der Waals surface area (Å²) < 4.78 is 5.25. The number of hydrogen-bond donors (Lipinski definition) is 0. The largest absolute Gasteiger partial charge is 0.447 e. The Morgan fingerprint density at radius 1 is 1.43 bits per heavy atom. The number of ether oxygens (including phenoxy) is 1. The SMILES string of the molecule is Cc1cc(N2C(=O)OC[C@@H]2C(C)C)nc2c1CCC[C@@H]2C. The Balaban J connectivity index is 2.04. The van der Waals surface area contributed by atoms with Gasteiger partial charge in [0.1, 0.15) is 12.4 Å². The van der Waals surface area contributed by atoms with Crippen molar-refractivity contribution in [1.29, 1.82) is 0 Å². The average Bonchev–Trinajstić information content (AvgIpc) is 2.82. The van der Waals surface area contributed by atoms with Crippen molar-refractivity contribution >= 4 is 11.9 Å². The zero-order chi connectivity index (χ0) is 15.1. The third-order valence-corrected chi connectivity index (χ3v) is 4.82. The molecule has 2 aliphatic rings. The molecule has 0 saturated carbocycles. The molecule has 0 spiro atoms. The molecule has 1 aliphatic heterocycles. The predicted molar refractivity (Wildman–Crippen MR) is 82.8 cm³/mol. The second-order valence-electron chi connectivity index (χ2n) is 6.71. The standard InChI is InChI=1S/C17H24N2O2/c1-10(2)14-9-21-17(20)19(14)15-8-12(4)13-7-5-6-11(3)16(13)18-15/h8,10-11,14H,5-7,9H2,1-4H3/t11-,14+/m0/s1. The summed E-state index contributed by atoms with van der Waals surface area (Å²) in [5.41, 5.74) is 3.81. The normalized spacial score (nSPS) is 25.2. The molecule has 0 radical (unpaired) electrons. The van der Waals surface area contributed by atoms with E-state index < -0.39 is 0 Å². The molecule has 0 unspecified atom stereocenters. The monoisotopic (exact) mass is 288 g/mol. The van der Waals surface area contributed by atoms with Crippen LogP contribution in [0.4, 0.5) is 10.6 Å². The van der Waals surface area contributed by atoms with Gasteiger partial charge in [0.05, 0.1) is 6.04 Å². The smallest absolute Gasteiger partial charge is 0.415 e. The molecule has 21 heavy (non-hydrogen) atoms. The van der Waals surface area contributed by atoms with E-state index in [1.54, 1.807) is 4.90 Å². The van der Waals surface area contributed by atoms with Gasteiger partial charge in [0.25, 0.3) is 0 Å². The Morgan fingerprint density at radius 2 is 2.19 bits per heavy atom. The number of anilines is 1. The molecule has 114 valence electrons. The number of rotatable bonds is 2. The molecule has 1 aromatic rings. The van der Waals surface area contributed by atoms with Crippen molar-refractivity contribution in [2.24, 2.45) is 5.92 Å². The number of aromatic nitrogens is 1. The van der Waals surface area contributed by atoms with Gasteiger partial charge < -0.3 is 4.74 Å². The minimum Gasteiger partial charge on any atom is -0.447 e. The maximum absolute atomic E-state index is 12.1. The van der Waals surface area contributed by atoms with E-state index in [0.29, 0.717) is 18.4 Å². The molecule has 2 heterocycles. The molecule has 1 aliphatic carbocycles. The van der Waals surface area contributed by atoms with Crippen LogP contribution in [0, 0.1) is 12.8 Å². The van der Waals surface area contributed by atoms with Gasteiger partial charge in [0.15, 0.2) is 0 Å². The number of amides is 1. The van der Waals surface area contributed by atoms with Crippen molar-refractivity contribution in [3.63, 3.8) is 0 Å². The van der Waals surface area contributed by atoms with Gasteiger partial charge in [0, 0.05) is 5.69 Å². The van der Waals surface area contributed by atoms with Crippen LogP contribution in [0.1, 0.15) is 56.4 Å². The minimum absolute atomic E-state index is 0.0846. The quantitative estimate of drug-likeness (QED) is 0.831. The summed E-state index contributed by atoms with van der Waals surface area (Å²) in [5.74, 6) is 1.59. The lowest BCUT2D eigenvalue weighted by Gasteiger charge is -2.28. The minimum atomic E-state index is -0.260. The fraction of sp³-hybridized carbons (Fsp3) is 0.647. The Bertz CT molecular complexity index is 568. The van der Waals surface area contributed by atoms with Crippen LogP contribution < -0.4 is 4.90 Å². The molecular weight excluding hydrogens is 264 g/mol. The van der Waals surface area contributed by atoms with Crippen LogP contribution in [0.2, 0.25) is 0 Å².